The van der Waals surface area contributed by atoms with E-state index in [2.05, 4.69) is 15.4 Å². The first-order chi connectivity index (χ1) is 9.24. The summed E-state index contributed by atoms with van der Waals surface area (Å²) in [6.45, 7) is 2.52. The number of methoxy groups -OCH3 is 1. The van der Waals surface area contributed by atoms with Gasteiger partial charge in [0.1, 0.15) is 6.04 Å². The van der Waals surface area contributed by atoms with Gasteiger partial charge in [0.15, 0.2) is 0 Å². The summed E-state index contributed by atoms with van der Waals surface area (Å²) < 4.78 is 9.79. The van der Waals surface area contributed by atoms with Crippen LogP contribution in [0.4, 0.5) is 0 Å². The molecule has 1 saturated heterocycles. The molecule has 1 rings (SSSR count). The van der Waals surface area contributed by atoms with Gasteiger partial charge in [-0.1, -0.05) is 12.8 Å². The van der Waals surface area contributed by atoms with E-state index >= 15 is 0 Å². The Morgan fingerprint density at radius 1 is 1.30 bits per heavy atom. The SMILES string of the molecule is COC(=O)CCCCCCNC(=O)C1COCCN1.Cl. The third kappa shape index (κ3) is 8.35. The largest absolute Gasteiger partial charge is 0.469 e. The molecule has 0 bridgehead atoms. The standard InChI is InChI=1S/C13H24N2O4.ClH/c1-18-12(16)6-4-2-3-5-7-15-13(17)11-10-19-9-8-14-11;/h11,14H,2-10H2,1H3,(H,15,17);1H. The number of hydrogen-bond acceptors (Lipinski definition) is 5. The average Bonchev–Trinajstić information content (AvgIpc) is 2.46. The molecule has 0 aromatic rings. The summed E-state index contributed by atoms with van der Waals surface area (Å²) in [4.78, 5) is 22.6. The van der Waals surface area contributed by atoms with E-state index in [0.717, 1.165) is 32.2 Å². The topological polar surface area (TPSA) is 76.7 Å². The summed E-state index contributed by atoms with van der Waals surface area (Å²) in [5.41, 5.74) is 0. The highest BCUT2D eigenvalue weighted by molar-refractivity contribution is 5.85. The predicted octanol–water partition coefficient (Wildman–Crippen LogP) is 0.636. The van der Waals surface area contributed by atoms with Crippen LogP contribution in [0.1, 0.15) is 32.1 Å². The molecular formula is C13H25ClN2O4. The number of morpholine rings is 1. The summed E-state index contributed by atoms with van der Waals surface area (Å²) in [6.07, 6.45) is 4.24. The molecule has 0 saturated carbocycles. The minimum Gasteiger partial charge on any atom is -0.469 e. The summed E-state index contributed by atoms with van der Waals surface area (Å²) >= 11 is 0. The molecule has 1 heterocycles. The molecule has 7 heteroatoms. The molecule has 20 heavy (non-hydrogen) atoms. The maximum Gasteiger partial charge on any atom is 0.305 e. The first kappa shape index (κ1) is 19.1. The summed E-state index contributed by atoms with van der Waals surface area (Å²) in [7, 11) is 1.40. The number of amides is 1. The highest BCUT2D eigenvalue weighted by Crippen LogP contribution is 2.03. The Labute approximate surface area is 126 Å². The van der Waals surface area contributed by atoms with E-state index in [9.17, 15) is 9.59 Å². The highest BCUT2D eigenvalue weighted by atomic mass is 35.5. The van der Waals surface area contributed by atoms with Crippen LogP contribution in [-0.2, 0) is 19.1 Å². The van der Waals surface area contributed by atoms with Gasteiger partial charge in [0, 0.05) is 19.5 Å². The lowest BCUT2D eigenvalue weighted by molar-refractivity contribution is -0.140. The van der Waals surface area contributed by atoms with Crippen LogP contribution in [-0.4, -0.2) is 51.3 Å². The van der Waals surface area contributed by atoms with E-state index in [4.69, 9.17) is 4.74 Å². The number of unbranched alkanes of at least 4 members (excludes halogenated alkanes) is 3. The van der Waals surface area contributed by atoms with Gasteiger partial charge in [-0.05, 0) is 12.8 Å². The van der Waals surface area contributed by atoms with E-state index < -0.39 is 0 Å². The first-order valence-electron chi connectivity index (χ1n) is 6.89. The smallest absolute Gasteiger partial charge is 0.305 e. The maximum absolute atomic E-state index is 11.7. The van der Waals surface area contributed by atoms with Gasteiger partial charge in [-0.15, -0.1) is 12.4 Å². The van der Waals surface area contributed by atoms with Crippen molar-refractivity contribution >= 4 is 24.3 Å². The summed E-state index contributed by atoms with van der Waals surface area (Å²) in [6, 6.07) is -0.215. The van der Waals surface area contributed by atoms with Crippen molar-refractivity contribution < 1.29 is 19.1 Å². The van der Waals surface area contributed by atoms with E-state index in [1.807, 2.05) is 0 Å². The summed E-state index contributed by atoms with van der Waals surface area (Å²) in [5.74, 6) is -0.147. The lowest BCUT2D eigenvalue weighted by atomic mass is 10.1. The minimum atomic E-state index is -0.215. The molecule has 0 radical (unpaired) electrons. The number of hydrogen-bond donors (Lipinski definition) is 2. The quantitative estimate of drug-likeness (QED) is 0.508. The van der Waals surface area contributed by atoms with Crippen molar-refractivity contribution in [2.24, 2.45) is 0 Å². The molecule has 6 nitrogen and oxygen atoms in total. The molecule has 1 unspecified atom stereocenters. The van der Waals surface area contributed by atoms with Crippen LogP contribution in [0.2, 0.25) is 0 Å². The second kappa shape index (κ2) is 11.9. The van der Waals surface area contributed by atoms with Crippen molar-refractivity contribution in [3.05, 3.63) is 0 Å². The van der Waals surface area contributed by atoms with Gasteiger partial charge in [0.2, 0.25) is 5.91 Å². The molecule has 0 aromatic carbocycles. The van der Waals surface area contributed by atoms with Crippen molar-refractivity contribution in [3.8, 4) is 0 Å². The summed E-state index contributed by atoms with van der Waals surface area (Å²) in [5, 5.41) is 6.00. The average molecular weight is 309 g/mol. The predicted molar refractivity (Wildman–Crippen MR) is 78.0 cm³/mol. The van der Waals surface area contributed by atoms with Crippen LogP contribution in [0.3, 0.4) is 0 Å². The second-order valence-electron chi connectivity index (χ2n) is 4.61. The number of nitrogens with one attached hydrogen (secondary N) is 2. The third-order valence-corrected chi connectivity index (χ3v) is 3.07. The molecule has 1 aliphatic rings. The molecule has 1 aliphatic heterocycles. The van der Waals surface area contributed by atoms with Crippen LogP contribution >= 0.6 is 12.4 Å². The Morgan fingerprint density at radius 3 is 2.70 bits per heavy atom. The van der Waals surface area contributed by atoms with Crippen molar-refractivity contribution in [1.82, 2.24) is 10.6 Å². The first-order valence-corrected chi connectivity index (χ1v) is 6.89. The molecule has 0 aliphatic carbocycles. The molecule has 0 spiro atoms. The van der Waals surface area contributed by atoms with Crippen molar-refractivity contribution in [2.75, 3.05) is 33.4 Å². The molecule has 1 fully saturated rings. The van der Waals surface area contributed by atoms with Crippen molar-refractivity contribution in [1.29, 1.82) is 0 Å². The van der Waals surface area contributed by atoms with Crippen LogP contribution in [0.5, 0.6) is 0 Å². The minimum absolute atomic E-state index is 0. The lowest BCUT2D eigenvalue weighted by Gasteiger charge is -2.22. The van der Waals surface area contributed by atoms with E-state index in [-0.39, 0.29) is 30.3 Å². The normalized spacial score (nSPS) is 17.9. The molecule has 1 amide bonds. The molecule has 2 N–H and O–H groups in total. The van der Waals surface area contributed by atoms with Gasteiger partial charge in [-0.25, -0.2) is 0 Å². The Kier molecular flexibility index (Phi) is 11.4. The lowest BCUT2D eigenvalue weighted by Crippen LogP contribution is -2.51. The Balaban J connectivity index is 0.00000361. The van der Waals surface area contributed by atoms with Gasteiger partial charge in [0.25, 0.3) is 0 Å². The fourth-order valence-electron chi connectivity index (χ4n) is 1.92. The molecule has 0 aromatic heterocycles. The van der Waals surface area contributed by atoms with Crippen molar-refractivity contribution in [3.63, 3.8) is 0 Å². The number of carbonyl (C=O) groups excluding carboxylic acids is 2. The molecular weight excluding hydrogens is 284 g/mol. The van der Waals surface area contributed by atoms with Gasteiger partial charge in [0.05, 0.1) is 20.3 Å². The van der Waals surface area contributed by atoms with Crippen molar-refractivity contribution in [2.45, 2.75) is 38.1 Å². The van der Waals surface area contributed by atoms with E-state index in [1.54, 1.807) is 0 Å². The third-order valence-electron chi connectivity index (χ3n) is 3.07. The Bertz CT molecular complexity index is 284. The Morgan fingerprint density at radius 2 is 2.05 bits per heavy atom. The fraction of sp³-hybridized carbons (Fsp3) is 0.846. The zero-order chi connectivity index (χ0) is 13.9. The van der Waals surface area contributed by atoms with Crippen LogP contribution in [0, 0.1) is 0 Å². The second-order valence-corrected chi connectivity index (χ2v) is 4.61. The van der Waals surface area contributed by atoms with Crippen LogP contribution < -0.4 is 10.6 Å². The van der Waals surface area contributed by atoms with E-state index in [1.165, 1.54) is 7.11 Å². The number of esters is 1. The zero-order valence-electron chi connectivity index (χ0n) is 12.0. The number of halogens is 1. The monoisotopic (exact) mass is 308 g/mol. The van der Waals surface area contributed by atoms with Crippen LogP contribution in [0.25, 0.3) is 0 Å². The highest BCUT2D eigenvalue weighted by Gasteiger charge is 2.20. The van der Waals surface area contributed by atoms with E-state index in [0.29, 0.717) is 26.2 Å². The molecule has 118 valence electrons. The van der Waals surface area contributed by atoms with Gasteiger partial charge < -0.3 is 20.1 Å². The zero-order valence-corrected chi connectivity index (χ0v) is 12.8. The number of ether oxygens (including phenoxy) is 2. The Hall–Kier alpha value is -0.850. The van der Waals surface area contributed by atoms with Gasteiger partial charge in [-0.3, -0.25) is 9.59 Å². The maximum atomic E-state index is 11.7. The van der Waals surface area contributed by atoms with Crippen LogP contribution in [0.15, 0.2) is 0 Å². The number of rotatable bonds is 8. The number of carbonyl (C=O) groups is 2. The van der Waals surface area contributed by atoms with Gasteiger partial charge in [-0.2, -0.15) is 0 Å². The fourth-order valence-corrected chi connectivity index (χ4v) is 1.92. The molecule has 1 atom stereocenters. The van der Waals surface area contributed by atoms with Gasteiger partial charge >= 0.3 is 5.97 Å².